The average molecular weight is 257 g/mol. The van der Waals surface area contributed by atoms with Crippen molar-refractivity contribution in [3.8, 4) is 0 Å². The molecule has 0 radical (unpaired) electrons. The zero-order valence-electron chi connectivity index (χ0n) is 11.2. The number of rotatable bonds is 4. The maximum absolute atomic E-state index is 11.9. The molecule has 0 bridgehead atoms. The standard InChI is InChI=1S/C15H19N3O/c1-11(12-5-4-6-12)16-10-13-9-15(19)18-8-3-2-7-14(18)17-13/h2-3,7-9,11-12,16H,4-6,10H2,1H3. The first-order valence-electron chi connectivity index (χ1n) is 6.95. The first-order valence-corrected chi connectivity index (χ1v) is 6.95. The predicted octanol–water partition coefficient (Wildman–Crippen LogP) is 1.97. The van der Waals surface area contributed by atoms with Crippen molar-refractivity contribution in [3.63, 3.8) is 0 Å². The first-order chi connectivity index (χ1) is 9.24. The Hall–Kier alpha value is -1.68. The molecule has 1 unspecified atom stereocenters. The minimum atomic E-state index is -0.0151. The van der Waals surface area contributed by atoms with Gasteiger partial charge in [0.1, 0.15) is 5.65 Å². The molecule has 0 aliphatic heterocycles. The molecule has 19 heavy (non-hydrogen) atoms. The molecule has 0 amide bonds. The molecule has 3 rings (SSSR count). The monoisotopic (exact) mass is 257 g/mol. The summed E-state index contributed by atoms with van der Waals surface area (Å²) in [5.74, 6) is 0.793. The van der Waals surface area contributed by atoms with Gasteiger partial charge < -0.3 is 5.32 Å². The average Bonchev–Trinajstić information content (AvgIpc) is 2.34. The molecule has 1 atom stereocenters. The largest absolute Gasteiger partial charge is 0.308 e. The molecule has 4 nitrogen and oxygen atoms in total. The van der Waals surface area contributed by atoms with E-state index in [1.165, 1.54) is 19.3 Å². The van der Waals surface area contributed by atoms with E-state index >= 15 is 0 Å². The van der Waals surface area contributed by atoms with Crippen LogP contribution >= 0.6 is 0 Å². The van der Waals surface area contributed by atoms with E-state index in [2.05, 4.69) is 17.2 Å². The second-order valence-electron chi connectivity index (χ2n) is 5.38. The third-order valence-corrected chi connectivity index (χ3v) is 4.09. The molecule has 1 aliphatic carbocycles. The third kappa shape index (κ3) is 2.54. The Morgan fingerprint density at radius 3 is 3.05 bits per heavy atom. The summed E-state index contributed by atoms with van der Waals surface area (Å²) in [6.07, 6.45) is 5.75. The molecule has 2 aromatic heterocycles. The quantitative estimate of drug-likeness (QED) is 0.911. The van der Waals surface area contributed by atoms with E-state index in [0.717, 1.165) is 11.6 Å². The third-order valence-electron chi connectivity index (χ3n) is 4.09. The van der Waals surface area contributed by atoms with Crippen molar-refractivity contribution in [3.05, 3.63) is 46.5 Å². The summed E-state index contributed by atoms with van der Waals surface area (Å²) in [4.78, 5) is 16.5. The van der Waals surface area contributed by atoms with Crippen LogP contribution < -0.4 is 10.9 Å². The molecule has 4 heteroatoms. The Morgan fingerprint density at radius 2 is 2.32 bits per heavy atom. The normalized spacial score (nSPS) is 17.3. The van der Waals surface area contributed by atoms with Crippen LogP contribution in [0.15, 0.2) is 35.3 Å². The summed E-state index contributed by atoms with van der Waals surface area (Å²) in [7, 11) is 0. The number of nitrogens with zero attached hydrogens (tertiary/aromatic N) is 2. The van der Waals surface area contributed by atoms with Gasteiger partial charge in [-0.05, 0) is 37.8 Å². The Labute approximate surface area is 112 Å². The van der Waals surface area contributed by atoms with E-state index in [4.69, 9.17) is 0 Å². The number of pyridine rings is 1. The minimum Gasteiger partial charge on any atom is -0.308 e. The van der Waals surface area contributed by atoms with Crippen molar-refractivity contribution in [1.82, 2.24) is 14.7 Å². The van der Waals surface area contributed by atoms with Crippen molar-refractivity contribution in [2.45, 2.75) is 38.8 Å². The van der Waals surface area contributed by atoms with E-state index in [1.807, 2.05) is 18.2 Å². The van der Waals surface area contributed by atoms with Crippen molar-refractivity contribution >= 4 is 5.65 Å². The van der Waals surface area contributed by atoms with Crippen molar-refractivity contribution in [2.24, 2.45) is 5.92 Å². The number of aromatic nitrogens is 2. The minimum absolute atomic E-state index is 0.0151. The van der Waals surface area contributed by atoms with Gasteiger partial charge in [0.05, 0.1) is 5.69 Å². The smallest absolute Gasteiger partial charge is 0.258 e. The maximum atomic E-state index is 11.9. The van der Waals surface area contributed by atoms with Crippen LogP contribution in [0.2, 0.25) is 0 Å². The van der Waals surface area contributed by atoms with Gasteiger partial charge in [-0.25, -0.2) is 4.98 Å². The van der Waals surface area contributed by atoms with Gasteiger partial charge in [-0.3, -0.25) is 9.20 Å². The Bertz CT molecular complexity index is 631. The number of hydrogen-bond donors (Lipinski definition) is 1. The van der Waals surface area contributed by atoms with Crippen LogP contribution in [0.5, 0.6) is 0 Å². The van der Waals surface area contributed by atoms with E-state index in [-0.39, 0.29) is 5.56 Å². The topological polar surface area (TPSA) is 46.4 Å². The Morgan fingerprint density at radius 1 is 1.47 bits per heavy atom. The Kier molecular flexibility index (Phi) is 3.34. The molecule has 2 aromatic rings. The highest BCUT2D eigenvalue weighted by atomic mass is 16.1. The van der Waals surface area contributed by atoms with Gasteiger partial charge >= 0.3 is 0 Å². The summed E-state index contributed by atoms with van der Waals surface area (Å²) in [6.45, 7) is 2.88. The molecule has 100 valence electrons. The van der Waals surface area contributed by atoms with Gasteiger partial charge in [0, 0.05) is 24.8 Å². The Balaban J connectivity index is 1.75. The highest BCUT2D eigenvalue weighted by molar-refractivity contribution is 5.37. The van der Waals surface area contributed by atoms with Crippen molar-refractivity contribution in [2.75, 3.05) is 0 Å². The van der Waals surface area contributed by atoms with Crippen LogP contribution in [0, 0.1) is 5.92 Å². The fraction of sp³-hybridized carbons (Fsp3) is 0.467. The molecular weight excluding hydrogens is 238 g/mol. The molecular formula is C15H19N3O. The molecule has 1 N–H and O–H groups in total. The lowest BCUT2D eigenvalue weighted by Crippen LogP contribution is -2.37. The zero-order chi connectivity index (χ0) is 13.2. The van der Waals surface area contributed by atoms with Crippen LogP contribution in [0.3, 0.4) is 0 Å². The SMILES string of the molecule is CC(NCc1cc(=O)n2ccccc2n1)C1CCC1. The molecule has 2 heterocycles. The van der Waals surface area contributed by atoms with E-state index in [1.54, 1.807) is 16.7 Å². The first kappa shape index (κ1) is 12.4. The lowest BCUT2D eigenvalue weighted by molar-refractivity contribution is 0.239. The van der Waals surface area contributed by atoms with Gasteiger partial charge in [0.25, 0.3) is 5.56 Å². The molecule has 1 aliphatic rings. The van der Waals surface area contributed by atoms with E-state index in [0.29, 0.717) is 18.2 Å². The maximum Gasteiger partial charge on any atom is 0.258 e. The van der Waals surface area contributed by atoms with Crippen molar-refractivity contribution in [1.29, 1.82) is 0 Å². The fourth-order valence-corrected chi connectivity index (χ4v) is 2.57. The van der Waals surface area contributed by atoms with Crippen LogP contribution in [0.4, 0.5) is 0 Å². The summed E-state index contributed by atoms with van der Waals surface area (Å²) in [6, 6.07) is 7.72. The number of fused-ring (bicyclic) bond motifs is 1. The zero-order valence-corrected chi connectivity index (χ0v) is 11.2. The summed E-state index contributed by atoms with van der Waals surface area (Å²) in [5.41, 5.74) is 1.52. The molecule has 0 saturated heterocycles. The van der Waals surface area contributed by atoms with Gasteiger partial charge in [0.2, 0.25) is 0 Å². The van der Waals surface area contributed by atoms with Crippen LogP contribution in [0.1, 0.15) is 31.9 Å². The number of hydrogen-bond acceptors (Lipinski definition) is 3. The lowest BCUT2D eigenvalue weighted by atomic mass is 9.80. The van der Waals surface area contributed by atoms with Gasteiger partial charge in [-0.1, -0.05) is 12.5 Å². The van der Waals surface area contributed by atoms with Crippen LogP contribution in [-0.2, 0) is 6.54 Å². The molecule has 1 fully saturated rings. The van der Waals surface area contributed by atoms with Crippen molar-refractivity contribution < 1.29 is 0 Å². The number of nitrogens with one attached hydrogen (secondary N) is 1. The highest BCUT2D eigenvalue weighted by Gasteiger charge is 2.23. The summed E-state index contributed by atoms with van der Waals surface area (Å²) >= 11 is 0. The van der Waals surface area contributed by atoms with Crippen LogP contribution in [0.25, 0.3) is 5.65 Å². The predicted molar refractivity (Wildman–Crippen MR) is 75.1 cm³/mol. The van der Waals surface area contributed by atoms with Crippen LogP contribution in [-0.4, -0.2) is 15.4 Å². The van der Waals surface area contributed by atoms with E-state index < -0.39 is 0 Å². The summed E-state index contributed by atoms with van der Waals surface area (Å²) in [5, 5.41) is 3.48. The van der Waals surface area contributed by atoms with Gasteiger partial charge in [0.15, 0.2) is 0 Å². The second kappa shape index (κ2) is 5.13. The highest BCUT2D eigenvalue weighted by Crippen LogP contribution is 2.29. The summed E-state index contributed by atoms with van der Waals surface area (Å²) < 4.78 is 1.57. The molecule has 0 spiro atoms. The second-order valence-corrected chi connectivity index (χ2v) is 5.38. The molecule has 1 saturated carbocycles. The lowest BCUT2D eigenvalue weighted by Gasteiger charge is -2.32. The van der Waals surface area contributed by atoms with E-state index in [9.17, 15) is 4.79 Å². The fourth-order valence-electron chi connectivity index (χ4n) is 2.57. The molecule has 0 aromatic carbocycles. The van der Waals surface area contributed by atoms with Gasteiger partial charge in [-0.2, -0.15) is 0 Å². The van der Waals surface area contributed by atoms with Gasteiger partial charge in [-0.15, -0.1) is 0 Å².